The highest BCUT2D eigenvalue weighted by Gasteiger charge is 2.09. The van der Waals surface area contributed by atoms with Crippen molar-refractivity contribution in [3.8, 4) is 5.75 Å². The molecular formula is C16H15BrFNO2. The van der Waals surface area contributed by atoms with Crippen LogP contribution in [0.5, 0.6) is 5.75 Å². The van der Waals surface area contributed by atoms with Crippen molar-refractivity contribution in [3.63, 3.8) is 0 Å². The first-order valence-electron chi connectivity index (χ1n) is 6.36. The molecule has 0 radical (unpaired) electrons. The highest BCUT2D eigenvalue weighted by atomic mass is 79.9. The number of aryl methyl sites for hydroxylation is 2. The maximum atomic E-state index is 13.8. The molecule has 2 aromatic carbocycles. The fourth-order valence-electron chi connectivity index (χ4n) is 1.97. The molecule has 0 aliphatic rings. The molecular weight excluding hydrogens is 337 g/mol. The minimum atomic E-state index is -0.652. The van der Waals surface area contributed by atoms with Crippen molar-refractivity contribution < 1.29 is 13.9 Å². The van der Waals surface area contributed by atoms with Crippen LogP contribution in [0.1, 0.15) is 27.0 Å². The van der Waals surface area contributed by atoms with E-state index in [1.165, 1.54) is 12.1 Å². The summed E-state index contributed by atoms with van der Waals surface area (Å²) in [4.78, 5) is 11.0. The summed E-state index contributed by atoms with van der Waals surface area (Å²) in [5.74, 6) is -0.482. The van der Waals surface area contributed by atoms with Crippen molar-refractivity contribution >= 4 is 21.8 Å². The molecule has 0 spiro atoms. The number of benzene rings is 2. The van der Waals surface area contributed by atoms with Gasteiger partial charge in [-0.1, -0.05) is 22.0 Å². The molecule has 21 heavy (non-hydrogen) atoms. The van der Waals surface area contributed by atoms with Crippen LogP contribution in [0.3, 0.4) is 0 Å². The van der Waals surface area contributed by atoms with Gasteiger partial charge in [-0.05, 0) is 49.2 Å². The Labute approximate surface area is 131 Å². The molecule has 0 atom stereocenters. The van der Waals surface area contributed by atoms with Crippen molar-refractivity contribution in [1.29, 1.82) is 0 Å². The standard InChI is InChI=1S/C16H15BrFNO2/c1-9-5-13(6-10(2)15(9)17)21-8-12-4-3-11(16(19)20)7-14(12)18/h3-7H,8H2,1-2H3,(H2,19,20). The number of halogens is 2. The predicted octanol–water partition coefficient (Wildman–Crippen LogP) is 3.88. The second-order valence-corrected chi connectivity index (χ2v) is 5.62. The van der Waals surface area contributed by atoms with Gasteiger partial charge in [0.1, 0.15) is 18.2 Å². The summed E-state index contributed by atoms with van der Waals surface area (Å²) in [5, 5.41) is 0. The Morgan fingerprint density at radius 2 is 1.86 bits per heavy atom. The molecule has 0 heterocycles. The smallest absolute Gasteiger partial charge is 0.248 e. The number of primary amides is 1. The van der Waals surface area contributed by atoms with Gasteiger partial charge < -0.3 is 10.5 Å². The summed E-state index contributed by atoms with van der Waals surface area (Å²) >= 11 is 3.48. The zero-order valence-corrected chi connectivity index (χ0v) is 13.3. The molecule has 2 rings (SSSR count). The summed E-state index contributed by atoms with van der Waals surface area (Å²) < 4.78 is 20.5. The van der Waals surface area contributed by atoms with Crippen molar-refractivity contribution in [2.24, 2.45) is 5.73 Å². The fourth-order valence-corrected chi connectivity index (χ4v) is 2.20. The van der Waals surface area contributed by atoms with E-state index in [1.807, 2.05) is 26.0 Å². The second-order valence-electron chi connectivity index (χ2n) is 4.83. The lowest BCUT2D eigenvalue weighted by molar-refractivity contribution is 0.0999. The molecule has 1 amide bonds. The first kappa shape index (κ1) is 15.5. The third-order valence-corrected chi connectivity index (χ3v) is 4.39. The molecule has 2 aromatic rings. The zero-order chi connectivity index (χ0) is 15.6. The number of amides is 1. The van der Waals surface area contributed by atoms with Crippen molar-refractivity contribution in [2.75, 3.05) is 0 Å². The van der Waals surface area contributed by atoms with E-state index in [-0.39, 0.29) is 12.2 Å². The normalized spacial score (nSPS) is 10.5. The Kier molecular flexibility index (Phi) is 4.63. The molecule has 3 nitrogen and oxygen atoms in total. The molecule has 2 N–H and O–H groups in total. The maximum absolute atomic E-state index is 13.8. The maximum Gasteiger partial charge on any atom is 0.248 e. The van der Waals surface area contributed by atoms with Gasteiger partial charge >= 0.3 is 0 Å². The van der Waals surface area contributed by atoms with Crippen LogP contribution >= 0.6 is 15.9 Å². The van der Waals surface area contributed by atoms with Gasteiger partial charge in [-0.15, -0.1) is 0 Å². The van der Waals surface area contributed by atoms with E-state index >= 15 is 0 Å². The Balaban J connectivity index is 2.15. The zero-order valence-electron chi connectivity index (χ0n) is 11.7. The number of hydrogen-bond donors (Lipinski definition) is 1. The average molecular weight is 352 g/mol. The molecule has 0 saturated carbocycles. The van der Waals surface area contributed by atoms with Gasteiger partial charge in [-0.25, -0.2) is 4.39 Å². The number of carbonyl (C=O) groups excluding carboxylic acids is 1. The van der Waals surface area contributed by atoms with Gasteiger partial charge in [-0.3, -0.25) is 4.79 Å². The van der Waals surface area contributed by atoms with Crippen LogP contribution in [0.4, 0.5) is 4.39 Å². The van der Waals surface area contributed by atoms with Crippen LogP contribution in [0.2, 0.25) is 0 Å². The molecule has 0 fully saturated rings. The van der Waals surface area contributed by atoms with Crippen LogP contribution in [0, 0.1) is 19.7 Å². The summed E-state index contributed by atoms with van der Waals surface area (Å²) in [7, 11) is 0. The van der Waals surface area contributed by atoms with Crippen LogP contribution in [-0.2, 0) is 6.61 Å². The van der Waals surface area contributed by atoms with Gasteiger partial charge in [0, 0.05) is 15.6 Å². The summed E-state index contributed by atoms with van der Waals surface area (Å²) in [6, 6.07) is 7.88. The quantitative estimate of drug-likeness (QED) is 0.908. The lowest BCUT2D eigenvalue weighted by atomic mass is 10.1. The molecule has 0 bridgehead atoms. The first-order chi connectivity index (χ1) is 9.88. The van der Waals surface area contributed by atoms with Crippen LogP contribution in [-0.4, -0.2) is 5.91 Å². The second kappa shape index (κ2) is 6.26. The van der Waals surface area contributed by atoms with E-state index in [9.17, 15) is 9.18 Å². The SMILES string of the molecule is Cc1cc(OCc2ccc(C(N)=O)cc2F)cc(C)c1Br. The van der Waals surface area contributed by atoms with Crippen molar-refractivity contribution in [2.45, 2.75) is 20.5 Å². The highest BCUT2D eigenvalue weighted by Crippen LogP contribution is 2.27. The number of rotatable bonds is 4. The van der Waals surface area contributed by atoms with Gasteiger partial charge in [0.05, 0.1) is 0 Å². The molecule has 0 aliphatic heterocycles. The average Bonchev–Trinajstić information content (AvgIpc) is 2.43. The Hall–Kier alpha value is -1.88. The number of hydrogen-bond acceptors (Lipinski definition) is 2. The van der Waals surface area contributed by atoms with E-state index in [0.29, 0.717) is 11.3 Å². The number of carbonyl (C=O) groups is 1. The number of nitrogens with two attached hydrogens (primary N) is 1. The Morgan fingerprint density at radius 3 is 2.38 bits per heavy atom. The largest absolute Gasteiger partial charge is 0.489 e. The van der Waals surface area contributed by atoms with Gasteiger partial charge in [0.15, 0.2) is 0 Å². The van der Waals surface area contributed by atoms with E-state index in [2.05, 4.69) is 15.9 Å². The van der Waals surface area contributed by atoms with Gasteiger partial charge in [-0.2, -0.15) is 0 Å². The summed E-state index contributed by atoms with van der Waals surface area (Å²) in [6.07, 6.45) is 0. The Morgan fingerprint density at radius 1 is 1.24 bits per heavy atom. The minimum absolute atomic E-state index is 0.0887. The van der Waals surface area contributed by atoms with E-state index in [4.69, 9.17) is 10.5 Å². The van der Waals surface area contributed by atoms with Gasteiger partial charge in [0.2, 0.25) is 5.91 Å². The molecule has 5 heteroatoms. The molecule has 0 saturated heterocycles. The van der Waals surface area contributed by atoms with Crippen molar-refractivity contribution in [1.82, 2.24) is 0 Å². The molecule has 110 valence electrons. The lowest BCUT2D eigenvalue weighted by Gasteiger charge is -2.11. The van der Waals surface area contributed by atoms with Crippen LogP contribution in [0.25, 0.3) is 0 Å². The summed E-state index contributed by atoms with van der Waals surface area (Å²) in [5.41, 5.74) is 7.72. The third kappa shape index (κ3) is 3.61. The number of ether oxygens (including phenoxy) is 1. The first-order valence-corrected chi connectivity index (χ1v) is 7.15. The molecule has 0 aromatic heterocycles. The van der Waals surface area contributed by atoms with E-state index < -0.39 is 11.7 Å². The monoisotopic (exact) mass is 351 g/mol. The van der Waals surface area contributed by atoms with E-state index in [0.717, 1.165) is 21.7 Å². The third-order valence-electron chi connectivity index (χ3n) is 3.14. The highest BCUT2D eigenvalue weighted by molar-refractivity contribution is 9.10. The molecule has 0 unspecified atom stereocenters. The van der Waals surface area contributed by atoms with Gasteiger partial charge in [0.25, 0.3) is 0 Å². The minimum Gasteiger partial charge on any atom is -0.489 e. The van der Waals surface area contributed by atoms with Crippen molar-refractivity contribution in [3.05, 3.63) is 62.9 Å². The van der Waals surface area contributed by atoms with Crippen LogP contribution < -0.4 is 10.5 Å². The Bertz CT molecular complexity index is 678. The lowest BCUT2D eigenvalue weighted by Crippen LogP contribution is -2.11. The fraction of sp³-hybridized carbons (Fsp3) is 0.188. The summed E-state index contributed by atoms with van der Waals surface area (Å²) in [6.45, 7) is 4.02. The van der Waals surface area contributed by atoms with Crippen LogP contribution in [0.15, 0.2) is 34.8 Å². The molecule has 0 aliphatic carbocycles. The van der Waals surface area contributed by atoms with E-state index in [1.54, 1.807) is 0 Å². The predicted molar refractivity (Wildman–Crippen MR) is 82.9 cm³/mol. The topological polar surface area (TPSA) is 52.3 Å².